The molecule has 6 heteroatoms. The van der Waals surface area contributed by atoms with Crippen molar-refractivity contribution in [2.24, 2.45) is 12.9 Å². The van der Waals surface area contributed by atoms with Crippen LogP contribution in [0.1, 0.15) is 16.6 Å². The van der Waals surface area contributed by atoms with Crippen LogP contribution in [0.25, 0.3) is 0 Å². The zero-order valence-electron chi connectivity index (χ0n) is 8.85. The molecule has 0 aliphatic heterocycles. The van der Waals surface area contributed by atoms with Crippen molar-refractivity contribution < 1.29 is 0 Å². The summed E-state index contributed by atoms with van der Waals surface area (Å²) >= 11 is 7.79. The summed E-state index contributed by atoms with van der Waals surface area (Å²) in [4.78, 5) is 1.26. The predicted molar refractivity (Wildman–Crippen MR) is 66.3 cm³/mol. The minimum Gasteiger partial charge on any atom is -0.271 e. The Kier molecular flexibility index (Phi) is 3.60. The highest BCUT2D eigenvalue weighted by Crippen LogP contribution is 2.25. The Morgan fingerprint density at radius 2 is 2.50 bits per heavy atom. The van der Waals surface area contributed by atoms with Crippen molar-refractivity contribution in [1.29, 1.82) is 0 Å². The molecule has 0 saturated heterocycles. The molecule has 0 aromatic carbocycles. The summed E-state index contributed by atoms with van der Waals surface area (Å²) in [6.07, 6.45) is 2.45. The molecule has 0 saturated carbocycles. The van der Waals surface area contributed by atoms with Crippen molar-refractivity contribution in [3.63, 3.8) is 0 Å². The van der Waals surface area contributed by atoms with E-state index >= 15 is 0 Å². The summed E-state index contributed by atoms with van der Waals surface area (Å²) in [5.74, 6) is 5.57. The lowest BCUT2D eigenvalue weighted by molar-refractivity contribution is 0.511. The number of nitrogens with zero attached hydrogens (tertiary/aromatic N) is 2. The third-order valence-electron chi connectivity index (χ3n) is 2.45. The van der Waals surface area contributed by atoms with Gasteiger partial charge in [0.25, 0.3) is 0 Å². The molecule has 3 N–H and O–H groups in total. The monoisotopic (exact) mass is 256 g/mol. The van der Waals surface area contributed by atoms with Crippen molar-refractivity contribution in [1.82, 2.24) is 15.2 Å². The van der Waals surface area contributed by atoms with Crippen molar-refractivity contribution >= 4 is 22.9 Å². The molecule has 4 nitrogen and oxygen atoms in total. The summed E-state index contributed by atoms with van der Waals surface area (Å²) in [5.41, 5.74) is 3.70. The van der Waals surface area contributed by atoms with E-state index in [9.17, 15) is 0 Å². The lowest BCUT2D eigenvalue weighted by Gasteiger charge is -2.15. The average molecular weight is 257 g/mol. The molecule has 0 aliphatic rings. The van der Waals surface area contributed by atoms with E-state index in [2.05, 4.69) is 16.6 Å². The largest absolute Gasteiger partial charge is 0.271 e. The fourth-order valence-corrected chi connectivity index (χ4v) is 2.73. The molecular formula is C10H13ClN4S. The maximum Gasteiger partial charge on any atom is 0.0834 e. The molecule has 1 unspecified atom stereocenters. The predicted octanol–water partition coefficient (Wildman–Crippen LogP) is 1.88. The molecule has 2 heterocycles. The molecule has 0 spiro atoms. The van der Waals surface area contributed by atoms with Crippen LogP contribution in [-0.2, 0) is 13.5 Å². The van der Waals surface area contributed by atoms with Crippen LogP contribution in [0.2, 0.25) is 5.02 Å². The molecule has 2 aromatic rings. The Morgan fingerprint density at radius 1 is 1.69 bits per heavy atom. The Balaban J connectivity index is 2.23. The number of aryl methyl sites for hydroxylation is 1. The molecule has 0 radical (unpaired) electrons. The summed E-state index contributed by atoms with van der Waals surface area (Å²) in [7, 11) is 1.86. The van der Waals surface area contributed by atoms with Gasteiger partial charge in [-0.2, -0.15) is 5.10 Å². The molecular weight excluding hydrogens is 244 g/mol. The zero-order chi connectivity index (χ0) is 11.5. The highest BCUT2D eigenvalue weighted by Gasteiger charge is 2.18. The van der Waals surface area contributed by atoms with E-state index in [-0.39, 0.29) is 6.04 Å². The normalized spacial score (nSPS) is 12.9. The van der Waals surface area contributed by atoms with Crippen LogP contribution in [-0.4, -0.2) is 9.78 Å². The highest BCUT2D eigenvalue weighted by molar-refractivity contribution is 7.09. The van der Waals surface area contributed by atoms with Gasteiger partial charge in [-0.15, -0.1) is 11.3 Å². The summed E-state index contributed by atoms with van der Waals surface area (Å²) in [6, 6.07) is 4.09. The van der Waals surface area contributed by atoms with Crippen LogP contribution in [0.5, 0.6) is 0 Å². The molecule has 86 valence electrons. The third kappa shape index (κ3) is 2.27. The SMILES string of the molecule is Cn1ncc(Cl)c1C(Cc1cccs1)NN. The van der Waals surface area contributed by atoms with Crippen LogP contribution in [0.4, 0.5) is 0 Å². The quantitative estimate of drug-likeness (QED) is 0.649. The first-order valence-corrected chi connectivity index (χ1v) is 6.14. The molecule has 1 atom stereocenters. The van der Waals surface area contributed by atoms with Gasteiger partial charge in [0.2, 0.25) is 0 Å². The van der Waals surface area contributed by atoms with Gasteiger partial charge in [-0.3, -0.25) is 16.0 Å². The van der Waals surface area contributed by atoms with Crippen molar-refractivity contribution in [2.75, 3.05) is 0 Å². The number of halogens is 1. The molecule has 16 heavy (non-hydrogen) atoms. The van der Waals surface area contributed by atoms with E-state index < -0.39 is 0 Å². The second-order valence-electron chi connectivity index (χ2n) is 3.50. The van der Waals surface area contributed by atoms with Crippen LogP contribution in [0.3, 0.4) is 0 Å². The van der Waals surface area contributed by atoms with Crippen LogP contribution < -0.4 is 11.3 Å². The molecule has 0 fully saturated rings. The van der Waals surface area contributed by atoms with E-state index in [1.165, 1.54) is 4.88 Å². The Hall–Kier alpha value is -0.880. The molecule has 2 rings (SSSR count). The van der Waals surface area contributed by atoms with Gasteiger partial charge >= 0.3 is 0 Å². The third-order valence-corrected chi connectivity index (χ3v) is 3.64. The van der Waals surface area contributed by atoms with E-state index in [1.54, 1.807) is 22.2 Å². The van der Waals surface area contributed by atoms with Gasteiger partial charge in [0, 0.05) is 18.3 Å². The number of aromatic nitrogens is 2. The van der Waals surface area contributed by atoms with Crippen molar-refractivity contribution in [3.8, 4) is 0 Å². The molecule has 0 bridgehead atoms. The minimum absolute atomic E-state index is 0.0151. The van der Waals surface area contributed by atoms with Gasteiger partial charge < -0.3 is 0 Å². The number of nitrogens with one attached hydrogen (secondary N) is 1. The smallest absolute Gasteiger partial charge is 0.0834 e. The van der Waals surface area contributed by atoms with Crippen LogP contribution in [0.15, 0.2) is 23.7 Å². The number of nitrogens with two attached hydrogens (primary N) is 1. The summed E-state index contributed by atoms with van der Waals surface area (Å²) < 4.78 is 1.75. The minimum atomic E-state index is -0.0151. The molecule has 0 aliphatic carbocycles. The van der Waals surface area contributed by atoms with E-state index in [0.717, 1.165) is 12.1 Å². The first kappa shape index (κ1) is 11.6. The standard InChI is InChI=1S/C10H13ClN4S/c1-15-10(8(11)6-13-15)9(14-12)5-7-3-2-4-16-7/h2-4,6,9,14H,5,12H2,1H3. The summed E-state index contributed by atoms with van der Waals surface area (Å²) in [5, 5.41) is 6.80. The van der Waals surface area contributed by atoms with E-state index in [1.807, 2.05) is 18.5 Å². The van der Waals surface area contributed by atoms with Crippen LogP contribution in [0, 0.1) is 0 Å². The lowest BCUT2D eigenvalue weighted by atomic mass is 10.1. The van der Waals surface area contributed by atoms with Gasteiger partial charge in [-0.25, -0.2) is 0 Å². The maximum atomic E-state index is 6.08. The average Bonchev–Trinajstić information content (AvgIpc) is 2.87. The summed E-state index contributed by atoms with van der Waals surface area (Å²) in [6.45, 7) is 0. The second-order valence-corrected chi connectivity index (χ2v) is 4.94. The Morgan fingerprint density at radius 3 is 3.00 bits per heavy atom. The van der Waals surface area contributed by atoms with Crippen molar-refractivity contribution in [3.05, 3.63) is 39.3 Å². The Bertz CT molecular complexity index is 432. The van der Waals surface area contributed by atoms with Gasteiger partial charge in [-0.1, -0.05) is 17.7 Å². The van der Waals surface area contributed by atoms with E-state index in [4.69, 9.17) is 17.4 Å². The van der Waals surface area contributed by atoms with Gasteiger partial charge in [0.1, 0.15) is 0 Å². The lowest BCUT2D eigenvalue weighted by Crippen LogP contribution is -2.31. The first-order chi connectivity index (χ1) is 7.72. The number of rotatable bonds is 4. The number of hydrazine groups is 1. The fourth-order valence-electron chi connectivity index (χ4n) is 1.68. The zero-order valence-corrected chi connectivity index (χ0v) is 10.4. The van der Waals surface area contributed by atoms with Gasteiger partial charge in [0.05, 0.1) is 23.0 Å². The second kappa shape index (κ2) is 4.97. The van der Waals surface area contributed by atoms with E-state index in [0.29, 0.717) is 5.02 Å². The van der Waals surface area contributed by atoms with Gasteiger partial charge in [-0.05, 0) is 11.4 Å². The molecule has 2 aromatic heterocycles. The van der Waals surface area contributed by atoms with Gasteiger partial charge in [0.15, 0.2) is 0 Å². The van der Waals surface area contributed by atoms with Crippen LogP contribution >= 0.6 is 22.9 Å². The Labute approximate surface area is 103 Å². The number of hydrogen-bond acceptors (Lipinski definition) is 4. The first-order valence-electron chi connectivity index (χ1n) is 4.88. The van der Waals surface area contributed by atoms with Crippen molar-refractivity contribution in [2.45, 2.75) is 12.5 Å². The maximum absolute atomic E-state index is 6.08. The topological polar surface area (TPSA) is 55.9 Å². The highest BCUT2D eigenvalue weighted by atomic mass is 35.5. The fraction of sp³-hybridized carbons (Fsp3) is 0.300. The number of hydrogen-bond donors (Lipinski definition) is 2. The molecule has 0 amide bonds. The number of thiophene rings is 1.